The minimum Gasteiger partial charge on any atom is -0.453 e. The van der Waals surface area contributed by atoms with Crippen molar-refractivity contribution in [3.63, 3.8) is 0 Å². The maximum atomic E-state index is 12.9. The fourth-order valence-electron chi connectivity index (χ4n) is 2.91. The number of halogens is 3. The number of alkyl carbamates (subject to hydrolysis) is 1. The topological polar surface area (TPSA) is 50.4 Å². The number of ether oxygens (including phenoxy) is 1. The molecule has 0 radical (unpaired) electrons. The molecule has 2 N–H and O–H groups in total. The third kappa shape index (κ3) is 4.30. The maximum Gasteiger partial charge on any atom is 0.416 e. The van der Waals surface area contributed by atoms with Crippen LogP contribution < -0.4 is 10.6 Å². The van der Waals surface area contributed by atoms with E-state index in [0.29, 0.717) is 23.6 Å². The van der Waals surface area contributed by atoms with Crippen LogP contribution in [0, 0.1) is 5.92 Å². The molecular weight excluding hydrogens is 309 g/mol. The summed E-state index contributed by atoms with van der Waals surface area (Å²) in [6, 6.07) is 3.15. The number of hydrogen-bond acceptors (Lipinski definition) is 3. The molecule has 23 heavy (non-hydrogen) atoms. The number of carbonyl (C=O) groups is 1. The van der Waals surface area contributed by atoms with Gasteiger partial charge in [-0.15, -0.1) is 0 Å². The number of hydrogen-bond donors (Lipinski definition) is 2. The highest BCUT2D eigenvalue weighted by Crippen LogP contribution is 2.39. The molecule has 1 aliphatic heterocycles. The monoisotopic (exact) mass is 330 g/mol. The van der Waals surface area contributed by atoms with Crippen molar-refractivity contribution in [2.45, 2.75) is 44.9 Å². The summed E-state index contributed by atoms with van der Waals surface area (Å²) in [7, 11) is 1.23. The van der Waals surface area contributed by atoms with E-state index < -0.39 is 23.9 Å². The number of amides is 1. The van der Waals surface area contributed by atoms with E-state index in [2.05, 4.69) is 29.2 Å². The van der Waals surface area contributed by atoms with Crippen LogP contribution in [0.25, 0.3) is 0 Å². The number of alkyl halides is 3. The number of anilines is 1. The Kier molecular flexibility index (Phi) is 5.06. The molecule has 1 aromatic rings. The van der Waals surface area contributed by atoms with Gasteiger partial charge in [-0.1, -0.05) is 13.8 Å². The average Bonchev–Trinajstić information content (AvgIpc) is 2.45. The van der Waals surface area contributed by atoms with Gasteiger partial charge in [0.15, 0.2) is 0 Å². The molecule has 7 heteroatoms. The first kappa shape index (κ1) is 17.4. The predicted molar refractivity (Wildman–Crippen MR) is 81.2 cm³/mol. The Hall–Kier alpha value is -1.92. The highest BCUT2D eigenvalue weighted by atomic mass is 19.4. The summed E-state index contributed by atoms with van der Waals surface area (Å²) in [5.74, 6) is 0.433. The van der Waals surface area contributed by atoms with Crippen LogP contribution in [0.3, 0.4) is 0 Å². The van der Waals surface area contributed by atoms with Crippen molar-refractivity contribution in [3.8, 4) is 0 Å². The van der Waals surface area contributed by atoms with Crippen LogP contribution in [0.2, 0.25) is 0 Å². The second kappa shape index (κ2) is 6.68. The van der Waals surface area contributed by atoms with E-state index in [1.807, 2.05) is 0 Å². The lowest BCUT2D eigenvalue weighted by molar-refractivity contribution is -0.137. The van der Waals surface area contributed by atoms with E-state index in [0.717, 1.165) is 18.6 Å². The molecule has 0 saturated carbocycles. The first-order valence-corrected chi connectivity index (χ1v) is 7.53. The minimum absolute atomic E-state index is 0.0846. The van der Waals surface area contributed by atoms with Crippen LogP contribution in [-0.4, -0.2) is 19.2 Å². The summed E-state index contributed by atoms with van der Waals surface area (Å²) in [5.41, 5.74) is 0.332. The number of nitrogens with one attached hydrogen (secondary N) is 2. The van der Waals surface area contributed by atoms with Crippen LogP contribution in [0.4, 0.5) is 23.7 Å². The van der Waals surface area contributed by atoms with Gasteiger partial charge in [-0.2, -0.15) is 13.2 Å². The molecule has 0 unspecified atom stereocenters. The van der Waals surface area contributed by atoms with E-state index in [9.17, 15) is 18.0 Å². The smallest absolute Gasteiger partial charge is 0.416 e. The summed E-state index contributed by atoms with van der Waals surface area (Å²) in [4.78, 5) is 11.5. The van der Waals surface area contributed by atoms with Gasteiger partial charge in [0.2, 0.25) is 0 Å². The molecule has 1 amide bonds. The first-order valence-electron chi connectivity index (χ1n) is 7.53. The van der Waals surface area contributed by atoms with Crippen molar-refractivity contribution in [3.05, 3.63) is 29.3 Å². The van der Waals surface area contributed by atoms with E-state index in [4.69, 9.17) is 0 Å². The molecule has 2 atom stereocenters. The van der Waals surface area contributed by atoms with Gasteiger partial charge in [-0.3, -0.25) is 0 Å². The van der Waals surface area contributed by atoms with Crippen molar-refractivity contribution in [2.75, 3.05) is 12.4 Å². The molecule has 0 aromatic heterocycles. The van der Waals surface area contributed by atoms with Gasteiger partial charge in [0.1, 0.15) is 0 Å². The zero-order valence-electron chi connectivity index (χ0n) is 13.3. The third-order valence-corrected chi connectivity index (χ3v) is 3.87. The van der Waals surface area contributed by atoms with Crippen molar-refractivity contribution >= 4 is 11.8 Å². The second-order valence-electron chi connectivity index (χ2n) is 6.19. The Morgan fingerprint density at radius 1 is 1.43 bits per heavy atom. The number of carbonyl (C=O) groups excluding carboxylic acids is 1. The molecule has 0 aliphatic carbocycles. The molecule has 1 heterocycles. The van der Waals surface area contributed by atoms with E-state index in [1.54, 1.807) is 0 Å². The first-order chi connectivity index (χ1) is 10.7. The Morgan fingerprint density at radius 3 is 2.70 bits per heavy atom. The Balaban J connectivity index is 2.34. The van der Waals surface area contributed by atoms with Crippen molar-refractivity contribution < 1.29 is 22.7 Å². The largest absolute Gasteiger partial charge is 0.453 e. The van der Waals surface area contributed by atoms with Crippen molar-refractivity contribution in [2.24, 2.45) is 5.92 Å². The van der Waals surface area contributed by atoms with Gasteiger partial charge < -0.3 is 15.4 Å². The Bertz CT molecular complexity index is 573. The molecular formula is C16H21F3N2O2. The molecule has 2 rings (SSSR count). The molecule has 0 bridgehead atoms. The van der Waals surface area contributed by atoms with E-state index >= 15 is 0 Å². The van der Waals surface area contributed by atoms with Gasteiger partial charge in [0.25, 0.3) is 0 Å². The lowest BCUT2D eigenvalue weighted by atomic mass is 9.88. The molecule has 0 spiro atoms. The Morgan fingerprint density at radius 2 is 2.13 bits per heavy atom. The zero-order chi connectivity index (χ0) is 17.2. The van der Waals surface area contributed by atoms with Gasteiger partial charge in [0.05, 0.1) is 18.7 Å². The van der Waals surface area contributed by atoms with Gasteiger partial charge in [-0.05, 0) is 42.5 Å². The highest BCUT2D eigenvalue weighted by molar-refractivity contribution is 5.69. The summed E-state index contributed by atoms with van der Waals surface area (Å²) >= 11 is 0. The average molecular weight is 330 g/mol. The van der Waals surface area contributed by atoms with Gasteiger partial charge >= 0.3 is 12.3 Å². The number of benzene rings is 1. The molecule has 0 saturated heterocycles. The van der Waals surface area contributed by atoms with Crippen LogP contribution in [0.15, 0.2) is 18.2 Å². The fourth-order valence-corrected chi connectivity index (χ4v) is 2.91. The standard InChI is InChI=1S/C16H21F3N2O2/c1-9(2)6-11-8-14(21-15(22)23-3)12-7-10(16(17,18)19)4-5-13(12)20-11/h4-5,7,9,11,14,20H,6,8H2,1-3H3,(H,21,22)/t11-,14+/m0/s1. The lowest BCUT2D eigenvalue weighted by Gasteiger charge is -2.34. The van der Waals surface area contributed by atoms with Crippen LogP contribution >= 0.6 is 0 Å². The number of fused-ring (bicyclic) bond motifs is 1. The molecule has 0 fully saturated rings. The predicted octanol–water partition coefficient (Wildman–Crippen LogP) is 4.33. The SMILES string of the molecule is COC(=O)N[C@@H]1C[C@H](CC(C)C)Nc2ccc(C(F)(F)F)cc21. The summed E-state index contributed by atoms with van der Waals surface area (Å²) in [5, 5.41) is 5.91. The van der Waals surface area contributed by atoms with Crippen LogP contribution in [0.5, 0.6) is 0 Å². The highest BCUT2D eigenvalue weighted by Gasteiger charge is 2.34. The summed E-state index contributed by atoms with van der Waals surface area (Å²) in [6.45, 7) is 4.15. The van der Waals surface area contributed by atoms with Gasteiger partial charge in [-0.25, -0.2) is 4.79 Å². The second-order valence-corrected chi connectivity index (χ2v) is 6.19. The normalized spacial score (nSPS) is 20.7. The van der Waals surface area contributed by atoms with Gasteiger partial charge in [0, 0.05) is 11.7 Å². The molecule has 1 aromatic carbocycles. The fraction of sp³-hybridized carbons (Fsp3) is 0.562. The molecule has 128 valence electrons. The minimum atomic E-state index is -4.42. The maximum absolute atomic E-state index is 12.9. The van der Waals surface area contributed by atoms with E-state index in [-0.39, 0.29) is 6.04 Å². The van der Waals surface area contributed by atoms with Crippen molar-refractivity contribution in [1.29, 1.82) is 0 Å². The van der Waals surface area contributed by atoms with Crippen molar-refractivity contribution in [1.82, 2.24) is 5.32 Å². The number of rotatable bonds is 3. The summed E-state index contributed by atoms with van der Waals surface area (Å²) in [6.07, 6.45) is -3.69. The zero-order valence-corrected chi connectivity index (χ0v) is 13.3. The molecule has 1 aliphatic rings. The molecule has 4 nitrogen and oxygen atoms in total. The lowest BCUT2D eigenvalue weighted by Crippen LogP contribution is -2.38. The Labute approximate surface area is 133 Å². The third-order valence-electron chi connectivity index (χ3n) is 3.87. The summed E-state index contributed by atoms with van der Waals surface area (Å²) < 4.78 is 43.4. The van der Waals surface area contributed by atoms with Crippen LogP contribution in [0.1, 0.15) is 43.9 Å². The van der Waals surface area contributed by atoms with E-state index in [1.165, 1.54) is 13.2 Å². The van der Waals surface area contributed by atoms with Crippen LogP contribution in [-0.2, 0) is 10.9 Å². The number of methoxy groups -OCH3 is 1. The quantitative estimate of drug-likeness (QED) is 0.867.